The van der Waals surface area contributed by atoms with Crippen LogP contribution in [0.2, 0.25) is 0 Å². The topological polar surface area (TPSA) is 29.9 Å². The molecule has 3 nitrogen and oxygen atoms in total. The van der Waals surface area contributed by atoms with E-state index in [1.165, 1.54) is 10.9 Å². The van der Waals surface area contributed by atoms with Crippen LogP contribution in [0.5, 0.6) is 0 Å². The Bertz CT molecular complexity index is 731. The van der Waals surface area contributed by atoms with Gasteiger partial charge < -0.3 is 9.88 Å². The molecular formula is C16H18FN3S. The first-order chi connectivity index (χ1) is 10.1. The monoisotopic (exact) mass is 303 g/mol. The molecule has 0 amide bonds. The molecule has 0 aliphatic rings. The highest BCUT2D eigenvalue weighted by Crippen LogP contribution is 2.33. The van der Waals surface area contributed by atoms with Gasteiger partial charge in [0, 0.05) is 39.9 Å². The molecule has 0 bridgehead atoms. The minimum absolute atomic E-state index is 0.144. The second-order valence-corrected chi connectivity index (χ2v) is 6.52. The summed E-state index contributed by atoms with van der Waals surface area (Å²) >= 11 is 1.67. The molecule has 0 fully saturated rings. The van der Waals surface area contributed by atoms with Crippen molar-refractivity contribution < 1.29 is 4.39 Å². The van der Waals surface area contributed by atoms with Gasteiger partial charge in [-0.3, -0.25) is 0 Å². The van der Waals surface area contributed by atoms with E-state index in [2.05, 4.69) is 24.1 Å². The van der Waals surface area contributed by atoms with Gasteiger partial charge in [0.05, 0.1) is 12.9 Å². The fraction of sp³-hybridized carbons (Fsp3) is 0.312. The van der Waals surface area contributed by atoms with Crippen molar-refractivity contribution in [2.45, 2.75) is 33.0 Å². The average molecular weight is 303 g/mol. The van der Waals surface area contributed by atoms with E-state index in [0.717, 1.165) is 22.2 Å². The number of nitrogens with zero attached hydrogens (tertiary/aromatic N) is 2. The maximum absolute atomic E-state index is 14.2. The zero-order valence-electron chi connectivity index (χ0n) is 12.1. The van der Waals surface area contributed by atoms with Crippen LogP contribution in [0, 0.1) is 5.82 Å². The lowest BCUT2D eigenvalue weighted by molar-refractivity contribution is 0.589. The van der Waals surface area contributed by atoms with Gasteiger partial charge in [-0.05, 0) is 17.7 Å². The van der Waals surface area contributed by atoms with Crippen molar-refractivity contribution in [3.05, 3.63) is 53.2 Å². The van der Waals surface area contributed by atoms with Crippen LogP contribution >= 0.6 is 11.3 Å². The summed E-state index contributed by atoms with van der Waals surface area (Å²) in [6.45, 7) is 5.64. The third-order valence-electron chi connectivity index (χ3n) is 3.42. The van der Waals surface area contributed by atoms with Crippen LogP contribution in [0.15, 0.2) is 36.9 Å². The van der Waals surface area contributed by atoms with Gasteiger partial charge in [0.1, 0.15) is 5.82 Å². The van der Waals surface area contributed by atoms with E-state index >= 15 is 0 Å². The fourth-order valence-corrected chi connectivity index (χ4v) is 3.57. The molecule has 2 heterocycles. The Morgan fingerprint density at radius 1 is 1.38 bits per heavy atom. The minimum atomic E-state index is -0.144. The Morgan fingerprint density at radius 2 is 2.24 bits per heavy atom. The maximum atomic E-state index is 14.2. The Kier molecular flexibility index (Phi) is 4.03. The molecule has 0 aliphatic carbocycles. The lowest BCUT2D eigenvalue weighted by Gasteiger charge is -2.09. The largest absolute Gasteiger partial charge is 0.333 e. The number of imidazole rings is 1. The number of benzene rings is 1. The van der Waals surface area contributed by atoms with Crippen molar-refractivity contribution in [1.82, 2.24) is 14.9 Å². The van der Waals surface area contributed by atoms with Crippen molar-refractivity contribution in [2.75, 3.05) is 0 Å². The molecule has 110 valence electrons. The second-order valence-electron chi connectivity index (χ2n) is 5.39. The lowest BCUT2D eigenvalue weighted by atomic mass is 10.1. The van der Waals surface area contributed by atoms with Crippen molar-refractivity contribution in [1.29, 1.82) is 0 Å². The summed E-state index contributed by atoms with van der Waals surface area (Å²) in [5.41, 5.74) is 1.05. The maximum Gasteiger partial charge on any atom is 0.132 e. The van der Waals surface area contributed by atoms with Gasteiger partial charge in [-0.25, -0.2) is 9.37 Å². The fourth-order valence-electron chi connectivity index (χ4n) is 2.39. The molecule has 3 rings (SSSR count). The molecule has 0 atom stereocenters. The van der Waals surface area contributed by atoms with Crippen molar-refractivity contribution >= 4 is 21.4 Å². The molecule has 3 aromatic rings. The van der Waals surface area contributed by atoms with E-state index in [4.69, 9.17) is 0 Å². The molecule has 0 aliphatic heterocycles. The molecule has 0 spiro atoms. The number of hydrogen-bond acceptors (Lipinski definition) is 3. The third-order valence-corrected chi connectivity index (χ3v) is 4.61. The quantitative estimate of drug-likeness (QED) is 0.777. The molecule has 1 N–H and O–H groups in total. The van der Waals surface area contributed by atoms with Crippen LogP contribution in [0.25, 0.3) is 10.1 Å². The summed E-state index contributed by atoms with van der Waals surface area (Å²) in [5, 5.41) is 4.17. The predicted octanol–water partition coefficient (Wildman–Crippen LogP) is 3.78. The number of aromatic nitrogens is 2. The van der Waals surface area contributed by atoms with E-state index in [1.807, 2.05) is 16.8 Å². The number of thiophene rings is 1. The zero-order chi connectivity index (χ0) is 14.8. The van der Waals surface area contributed by atoms with E-state index in [9.17, 15) is 4.39 Å². The van der Waals surface area contributed by atoms with Crippen molar-refractivity contribution in [3.8, 4) is 0 Å². The molecule has 21 heavy (non-hydrogen) atoms. The Labute approximate surface area is 127 Å². The highest BCUT2D eigenvalue weighted by atomic mass is 32.1. The summed E-state index contributed by atoms with van der Waals surface area (Å²) in [6.07, 6.45) is 5.42. The molecule has 0 unspecified atom stereocenters. The van der Waals surface area contributed by atoms with Gasteiger partial charge in [0.2, 0.25) is 0 Å². The lowest BCUT2D eigenvalue weighted by Crippen LogP contribution is -2.22. The molecule has 0 radical (unpaired) electrons. The molecular weight excluding hydrogens is 285 g/mol. The normalized spacial score (nSPS) is 11.6. The number of halogens is 1. The van der Waals surface area contributed by atoms with Gasteiger partial charge >= 0.3 is 0 Å². The van der Waals surface area contributed by atoms with Gasteiger partial charge in [-0.1, -0.05) is 19.9 Å². The van der Waals surface area contributed by atoms with Crippen LogP contribution in [0.1, 0.15) is 24.3 Å². The van der Waals surface area contributed by atoms with Gasteiger partial charge in [0.15, 0.2) is 0 Å². The summed E-state index contributed by atoms with van der Waals surface area (Å²) in [7, 11) is 0. The van der Waals surface area contributed by atoms with Crippen LogP contribution in [0.4, 0.5) is 4.39 Å². The standard InChI is InChI=1S/C16H18FN3S/c1-11(2)19-8-15-12(9-20-7-6-18-10-20)16-13(17)4-3-5-14(16)21-15/h3-7,10-11,19H,8-9H2,1-2H3. The van der Waals surface area contributed by atoms with E-state index in [-0.39, 0.29) is 5.82 Å². The molecule has 0 saturated heterocycles. The highest BCUT2D eigenvalue weighted by molar-refractivity contribution is 7.19. The smallest absolute Gasteiger partial charge is 0.132 e. The van der Waals surface area contributed by atoms with Gasteiger partial charge in [-0.2, -0.15) is 0 Å². The molecule has 2 aromatic heterocycles. The Hall–Kier alpha value is -1.72. The summed E-state index contributed by atoms with van der Waals surface area (Å²) in [6, 6.07) is 5.70. The number of hydrogen-bond donors (Lipinski definition) is 1. The first-order valence-electron chi connectivity index (χ1n) is 7.03. The van der Waals surface area contributed by atoms with Crippen LogP contribution in [-0.4, -0.2) is 15.6 Å². The summed E-state index contributed by atoms with van der Waals surface area (Å²) < 4.78 is 17.2. The Balaban J connectivity index is 2.05. The molecule has 5 heteroatoms. The first-order valence-corrected chi connectivity index (χ1v) is 7.84. The minimum Gasteiger partial charge on any atom is -0.333 e. The van der Waals surface area contributed by atoms with Crippen molar-refractivity contribution in [3.63, 3.8) is 0 Å². The van der Waals surface area contributed by atoms with Crippen LogP contribution in [0.3, 0.4) is 0 Å². The van der Waals surface area contributed by atoms with Gasteiger partial charge in [-0.15, -0.1) is 11.3 Å². The molecule has 0 saturated carbocycles. The third kappa shape index (κ3) is 2.99. The molecule has 1 aromatic carbocycles. The highest BCUT2D eigenvalue weighted by Gasteiger charge is 2.15. The number of nitrogens with one attached hydrogen (secondary N) is 1. The Morgan fingerprint density at radius 3 is 2.95 bits per heavy atom. The predicted molar refractivity (Wildman–Crippen MR) is 85.1 cm³/mol. The first kappa shape index (κ1) is 14.2. The second kappa shape index (κ2) is 5.95. The summed E-state index contributed by atoms with van der Waals surface area (Å²) in [4.78, 5) is 5.26. The SMILES string of the molecule is CC(C)NCc1sc2cccc(F)c2c1Cn1ccnc1. The average Bonchev–Trinajstić information content (AvgIpc) is 3.06. The zero-order valence-corrected chi connectivity index (χ0v) is 13.0. The number of rotatable bonds is 5. The number of fused-ring (bicyclic) bond motifs is 1. The van der Waals surface area contributed by atoms with E-state index < -0.39 is 0 Å². The van der Waals surface area contributed by atoms with E-state index in [0.29, 0.717) is 12.6 Å². The summed E-state index contributed by atoms with van der Waals surface area (Å²) in [5.74, 6) is -0.144. The van der Waals surface area contributed by atoms with Gasteiger partial charge in [0.25, 0.3) is 0 Å². The van der Waals surface area contributed by atoms with Crippen LogP contribution in [-0.2, 0) is 13.1 Å². The van der Waals surface area contributed by atoms with E-state index in [1.54, 1.807) is 29.9 Å². The van der Waals surface area contributed by atoms with Crippen LogP contribution < -0.4 is 5.32 Å². The van der Waals surface area contributed by atoms with Crippen molar-refractivity contribution in [2.24, 2.45) is 0 Å².